The van der Waals surface area contributed by atoms with E-state index in [1.807, 2.05) is 0 Å². The Morgan fingerprint density at radius 3 is 1.73 bits per heavy atom. The number of hydrogen-bond acceptors (Lipinski definition) is 1. The van der Waals surface area contributed by atoms with Crippen LogP contribution in [0.25, 0.3) is 0 Å². The van der Waals surface area contributed by atoms with Gasteiger partial charge in [-0.1, -0.05) is 37.6 Å². The average molecular weight is 305 g/mol. The second-order valence-corrected chi connectivity index (χ2v) is 7.45. The zero-order valence-corrected chi connectivity index (χ0v) is 14.8. The maximum Gasteiger partial charge on any atom is 0.0643 e. The van der Waals surface area contributed by atoms with E-state index in [1.165, 1.54) is 64.2 Å². The van der Waals surface area contributed by atoms with Gasteiger partial charge in [-0.05, 0) is 81.5 Å². The molecule has 2 fully saturated rings. The van der Waals surface area contributed by atoms with Gasteiger partial charge in [-0.25, -0.2) is 0 Å². The highest BCUT2D eigenvalue weighted by Gasteiger charge is 2.29. The van der Waals surface area contributed by atoms with Gasteiger partial charge in [-0.2, -0.15) is 0 Å². The van der Waals surface area contributed by atoms with E-state index in [2.05, 4.69) is 31.2 Å². The summed E-state index contributed by atoms with van der Waals surface area (Å²) in [6.07, 6.45) is 23.7. The number of hydrogen-bond donors (Lipinski definition) is 0. The van der Waals surface area contributed by atoms with Crippen LogP contribution < -0.4 is 0 Å². The summed E-state index contributed by atoms with van der Waals surface area (Å²) in [5, 5.41) is 0. The summed E-state index contributed by atoms with van der Waals surface area (Å²) >= 11 is 0. The second-order valence-electron chi connectivity index (χ2n) is 7.45. The maximum atomic E-state index is 5.10. The minimum absolute atomic E-state index is 0.773. The minimum Gasteiger partial charge on any atom is -0.381 e. The largest absolute Gasteiger partial charge is 0.381 e. The number of methoxy groups -OCH3 is 1. The predicted octanol–water partition coefficient (Wildman–Crippen LogP) is 6.16. The third-order valence-electron chi connectivity index (χ3n) is 5.83. The Hall–Kier alpha value is -0.560. The van der Waals surface area contributed by atoms with Crippen LogP contribution in [0.3, 0.4) is 0 Å². The highest BCUT2D eigenvalue weighted by Crippen LogP contribution is 2.41. The smallest absolute Gasteiger partial charge is 0.0643 e. The van der Waals surface area contributed by atoms with Crippen molar-refractivity contribution in [2.45, 2.75) is 71.1 Å². The van der Waals surface area contributed by atoms with Crippen LogP contribution in [0.4, 0.5) is 0 Å². The predicted molar refractivity (Wildman–Crippen MR) is 96.0 cm³/mol. The van der Waals surface area contributed by atoms with E-state index in [0.717, 1.165) is 30.3 Å². The quantitative estimate of drug-likeness (QED) is 0.512. The molecule has 0 saturated heterocycles. The molecule has 2 aliphatic rings. The first-order valence-corrected chi connectivity index (χ1v) is 9.65. The molecule has 0 aromatic heterocycles. The lowest BCUT2D eigenvalue weighted by atomic mass is 9.69. The van der Waals surface area contributed by atoms with Crippen molar-refractivity contribution >= 4 is 0 Å². The van der Waals surface area contributed by atoms with Crippen LogP contribution in [0, 0.1) is 23.7 Å². The molecule has 0 N–H and O–H groups in total. The lowest BCUT2D eigenvalue weighted by Crippen LogP contribution is -2.25. The van der Waals surface area contributed by atoms with Crippen LogP contribution in [0.5, 0.6) is 0 Å². The molecule has 2 aliphatic carbocycles. The summed E-state index contributed by atoms with van der Waals surface area (Å²) in [6.45, 7) is 3.04. The van der Waals surface area contributed by atoms with Crippen LogP contribution >= 0.6 is 0 Å². The maximum absolute atomic E-state index is 5.10. The Morgan fingerprint density at radius 2 is 1.27 bits per heavy atom. The summed E-state index contributed by atoms with van der Waals surface area (Å²) in [4.78, 5) is 0. The van der Waals surface area contributed by atoms with Crippen LogP contribution in [0.15, 0.2) is 24.3 Å². The van der Waals surface area contributed by atoms with Crippen molar-refractivity contribution in [3.8, 4) is 0 Å². The molecule has 0 heterocycles. The Labute approximate surface area is 138 Å². The summed E-state index contributed by atoms with van der Waals surface area (Å²) in [5.41, 5.74) is 0. The van der Waals surface area contributed by atoms with Gasteiger partial charge in [-0.15, -0.1) is 0 Å². The fourth-order valence-corrected chi connectivity index (χ4v) is 4.42. The van der Waals surface area contributed by atoms with E-state index in [9.17, 15) is 0 Å². The lowest BCUT2D eigenvalue weighted by Gasteiger charge is -2.37. The average Bonchev–Trinajstić information content (AvgIpc) is 2.57. The SMILES string of the molecule is CCCC=CC1CCC(C2CCC(C=CCOC)CC2)CC1. The molecule has 22 heavy (non-hydrogen) atoms. The summed E-state index contributed by atoms with van der Waals surface area (Å²) in [5.74, 6) is 3.75. The second kappa shape index (κ2) is 10.3. The van der Waals surface area contributed by atoms with Gasteiger partial charge in [-0.3, -0.25) is 0 Å². The van der Waals surface area contributed by atoms with Gasteiger partial charge in [0.15, 0.2) is 0 Å². The number of unbranched alkanes of at least 4 members (excludes halogenated alkanes) is 1. The van der Waals surface area contributed by atoms with Gasteiger partial charge >= 0.3 is 0 Å². The van der Waals surface area contributed by atoms with E-state index in [4.69, 9.17) is 4.74 Å². The number of rotatable bonds is 7. The molecule has 0 radical (unpaired) electrons. The molecular weight excluding hydrogens is 268 g/mol. The van der Waals surface area contributed by atoms with Crippen molar-refractivity contribution in [2.24, 2.45) is 23.7 Å². The van der Waals surface area contributed by atoms with Gasteiger partial charge in [0.05, 0.1) is 6.61 Å². The van der Waals surface area contributed by atoms with Crippen LogP contribution in [-0.2, 0) is 4.74 Å². The van der Waals surface area contributed by atoms with E-state index < -0.39 is 0 Å². The van der Waals surface area contributed by atoms with E-state index in [1.54, 1.807) is 7.11 Å². The van der Waals surface area contributed by atoms with E-state index in [-0.39, 0.29) is 0 Å². The van der Waals surface area contributed by atoms with Crippen LogP contribution in [0.1, 0.15) is 71.1 Å². The van der Waals surface area contributed by atoms with Gasteiger partial charge < -0.3 is 4.74 Å². The molecule has 0 bridgehead atoms. The Balaban J connectivity index is 1.66. The van der Waals surface area contributed by atoms with Crippen LogP contribution in [-0.4, -0.2) is 13.7 Å². The van der Waals surface area contributed by atoms with Crippen molar-refractivity contribution in [1.29, 1.82) is 0 Å². The fourth-order valence-electron chi connectivity index (χ4n) is 4.42. The number of ether oxygens (including phenoxy) is 1. The van der Waals surface area contributed by atoms with E-state index in [0.29, 0.717) is 0 Å². The van der Waals surface area contributed by atoms with Crippen LogP contribution in [0.2, 0.25) is 0 Å². The van der Waals surface area contributed by atoms with Gasteiger partial charge in [0.25, 0.3) is 0 Å². The van der Waals surface area contributed by atoms with Crippen molar-refractivity contribution in [3.63, 3.8) is 0 Å². The molecule has 126 valence electrons. The molecule has 0 aliphatic heterocycles. The fraction of sp³-hybridized carbons (Fsp3) is 0.810. The Morgan fingerprint density at radius 1 is 0.773 bits per heavy atom. The third-order valence-corrected chi connectivity index (χ3v) is 5.83. The first-order chi connectivity index (χ1) is 10.8. The van der Waals surface area contributed by atoms with Crippen molar-refractivity contribution in [3.05, 3.63) is 24.3 Å². The first-order valence-electron chi connectivity index (χ1n) is 9.65. The molecule has 2 rings (SSSR count). The normalized spacial score (nSPS) is 33.7. The van der Waals surface area contributed by atoms with Crippen molar-refractivity contribution in [1.82, 2.24) is 0 Å². The molecule has 2 saturated carbocycles. The standard InChI is InChI=1S/C21H36O/c1-3-4-5-7-18-9-13-20(14-10-18)21-15-11-19(12-16-21)8-6-17-22-2/h5-8,18-21H,3-4,9-17H2,1-2H3. The third kappa shape index (κ3) is 5.91. The highest BCUT2D eigenvalue weighted by atomic mass is 16.5. The minimum atomic E-state index is 0.773. The highest BCUT2D eigenvalue weighted by molar-refractivity contribution is 4.94. The zero-order chi connectivity index (χ0) is 15.6. The Bertz CT molecular complexity index is 294. The molecule has 0 aromatic rings. The molecule has 0 aromatic carbocycles. The molecule has 1 nitrogen and oxygen atoms in total. The first kappa shape index (κ1) is 17.8. The number of allylic oxidation sites excluding steroid dienone is 3. The summed E-state index contributed by atoms with van der Waals surface area (Å²) in [6, 6.07) is 0. The van der Waals surface area contributed by atoms with Gasteiger partial charge in [0.2, 0.25) is 0 Å². The van der Waals surface area contributed by atoms with Gasteiger partial charge in [0.1, 0.15) is 0 Å². The zero-order valence-electron chi connectivity index (χ0n) is 14.8. The molecular formula is C21H36O. The molecule has 1 heteroatoms. The molecule has 0 unspecified atom stereocenters. The molecule has 0 amide bonds. The van der Waals surface area contributed by atoms with Gasteiger partial charge in [0, 0.05) is 7.11 Å². The Kier molecular flexibility index (Phi) is 8.30. The molecule has 0 spiro atoms. The van der Waals surface area contributed by atoms with Crippen molar-refractivity contribution in [2.75, 3.05) is 13.7 Å². The van der Waals surface area contributed by atoms with E-state index >= 15 is 0 Å². The summed E-state index contributed by atoms with van der Waals surface area (Å²) in [7, 11) is 1.77. The molecule has 0 atom stereocenters. The lowest BCUT2D eigenvalue weighted by molar-refractivity contribution is 0.166. The topological polar surface area (TPSA) is 9.23 Å². The monoisotopic (exact) mass is 304 g/mol. The summed E-state index contributed by atoms with van der Waals surface area (Å²) < 4.78 is 5.10. The van der Waals surface area contributed by atoms with Crippen molar-refractivity contribution < 1.29 is 4.74 Å².